The summed E-state index contributed by atoms with van der Waals surface area (Å²) in [7, 11) is 0.491. The van der Waals surface area contributed by atoms with Gasteiger partial charge in [-0.2, -0.15) is 0 Å². The first kappa shape index (κ1) is 20.2. The van der Waals surface area contributed by atoms with Crippen LogP contribution in [0.1, 0.15) is 58.4 Å². The summed E-state index contributed by atoms with van der Waals surface area (Å²) in [4.78, 5) is 2.43. The van der Waals surface area contributed by atoms with E-state index < -0.39 is 8.07 Å². The highest BCUT2D eigenvalue weighted by molar-refractivity contribution is 6.90. The lowest BCUT2D eigenvalue weighted by Gasteiger charge is -2.37. The van der Waals surface area contributed by atoms with Crippen molar-refractivity contribution in [2.75, 3.05) is 13.6 Å². The molecule has 0 saturated carbocycles. The molecule has 1 aromatic carbocycles. The highest BCUT2D eigenvalue weighted by Gasteiger charge is 2.42. The van der Waals surface area contributed by atoms with Crippen LogP contribution in [-0.4, -0.2) is 31.1 Å². The van der Waals surface area contributed by atoms with E-state index in [1.54, 1.807) is 0 Å². The third-order valence-corrected chi connectivity index (χ3v) is 13.0. The number of benzene rings is 1. The summed E-state index contributed by atoms with van der Waals surface area (Å²) in [5, 5.41) is 1.40. The minimum atomic E-state index is -1.73. The van der Waals surface area contributed by atoms with Crippen molar-refractivity contribution in [1.29, 1.82) is 0 Å². The summed E-state index contributed by atoms with van der Waals surface area (Å²) in [6, 6.07) is 10.6. The van der Waals surface area contributed by atoms with E-state index in [0.717, 1.165) is 19.5 Å². The van der Waals surface area contributed by atoms with E-state index in [1.165, 1.54) is 27.7 Å². The van der Waals surface area contributed by atoms with E-state index in [-0.39, 0.29) is 0 Å². The van der Waals surface area contributed by atoms with Crippen molar-refractivity contribution in [3.63, 3.8) is 0 Å². The fourth-order valence-electron chi connectivity index (χ4n) is 5.32. The van der Waals surface area contributed by atoms with Crippen molar-refractivity contribution in [2.24, 2.45) is 0 Å². The highest BCUT2D eigenvalue weighted by atomic mass is 28.3. The van der Waals surface area contributed by atoms with Gasteiger partial charge in [-0.1, -0.05) is 53.2 Å². The molecular weight excluding hydrogens is 344 g/mol. The van der Waals surface area contributed by atoms with Crippen LogP contribution in [0.2, 0.25) is 16.6 Å². The topological polar surface area (TPSA) is 8.17 Å². The Hall–Kier alpha value is -1.50. The number of rotatable bonds is 3. The fourth-order valence-corrected chi connectivity index (χ4v) is 10.5. The molecule has 0 unspecified atom stereocenters. The SMILES string of the molecule is Cc1ccc2c(c1)c1c(n2C#C[Si](C(C)C)(C(C)C)C(C)C)CCN(C)C1. The van der Waals surface area contributed by atoms with Crippen molar-refractivity contribution < 1.29 is 0 Å². The zero-order valence-electron chi connectivity index (χ0n) is 18.5. The van der Waals surface area contributed by atoms with E-state index >= 15 is 0 Å². The molecule has 0 radical (unpaired) electrons. The van der Waals surface area contributed by atoms with Crippen molar-refractivity contribution in [3.05, 3.63) is 35.0 Å². The maximum Gasteiger partial charge on any atom is 0.148 e. The van der Waals surface area contributed by atoms with Gasteiger partial charge in [0.15, 0.2) is 0 Å². The predicted molar refractivity (Wildman–Crippen MR) is 121 cm³/mol. The molecule has 0 N–H and O–H groups in total. The Morgan fingerprint density at radius 2 is 1.63 bits per heavy atom. The van der Waals surface area contributed by atoms with E-state index in [9.17, 15) is 0 Å². The molecule has 2 heterocycles. The molecule has 2 aromatic rings. The van der Waals surface area contributed by atoms with Gasteiger partial charge in [0.25, 0.3) is 0 Å². The first-order chi connectivity index (χ1) is 12.7. The molecular formula is C24H36N2Si. The Kier molecular flexibility index (Phi) is 5.61. The van der Waals surface area contributed by atoms with Gasteiger partial charge in [-0.15, -0.1) is 5.54 Å². The lowest BCUT2D eigenvalue weighted by atomic mass is 10.0. The molecule has 1 aliphatic rings. The second-order valence-corrected chi connectivity index (χ2v) is 15.0. The van der Waals surface area contributed by atoms with Crippen molar-refractivity contribution in [2.45, 2.75) is 78.1 Å². The van der Waals surface area contributed by atoms with E-state index in [0.29, 0.717) is 16.6 Å². The lowest BCUT2D eigenvalue weighted by Crippen LogP contribution is -2.43. The Bertz CT molecular complexity index is 871. The third kappa shape index (κ3) is 3.39. The molecule has 0 fully saturated rings. The monoisotopic (exact) mass is 380 g/mol. The van der Waals surface area contributed by atoms with Crippen LogP contribution in [0.5, 0.6) is 0 Å². The Balaban J connectivity index is 2.23. The number of likely N-dealkylation sites (N-methyl/N-ethyl adjacent to an activating group) is 1. The highest BCUT2D eigenvalue weighted by Crippen LogP contribution is 2.41. The molecule has 3 rings (SSSR count). The summed E-state index contributed by atoms with van der Waals surface area (Å²) in [6.45, 7) is 18.7. The first-order valence-corrected chi connectivity index (χ1v) is 12.8. The molecule has 0 bridgehead atoms. The van der Waals surface area contributed by atoms with Gasteiger partial charge in [-0.05, 0) is 48.3 Å². The fraction of sp³-hybridized carbons (Fsp3) is 0.583. The molecule has 3 heteroatoms. The quantitative estimate of drug-likeness (QED) is 0.471. The van der Waals surface area contributed by atoms with Crippen molar-refractivity contribution in [3.8, 4) is 11.6 Å². The molecule has 0 amide bonds. The van der Waals surface area contributed by atoms with Crippen LogP contribution in [0, 0.1) is 18.5 Å². The Labute approximate surface area is 167 Å². The van der Waals surface area contributed by atoms with Crippen LogP contribution >= 0.6 is 0 Å². The van der Waals surface area contributed by atoms with Gasteiger partial charge >= 0.3 is 0 Å². The van der Waals surface area contributed by atoms with Crippen LogP contribution in [-0.2, 0) is 13.0 Å². The summed E-state index contributed by atoms with van der Waals surface area (Å²) in [5.41, 5.74) is 11.5. The first-order valence-electron chi connectivity index (χ1n) is 10.5. The average Bonchev–Trinajstić information content (AvgIpc) is 2.87. The smallest absolute Gasteiger partial charge is 0.148 e. The Morgan fingerprint density at radius 1 is 1.00 bits per heavy atom. The maximum atomic E-state index is 3.94. The minimum Gasteiger partial charge on any atom is -0.302 e. The van der Waals surface area contributed by atoms with E-state index in [1.807, 2.05) is 0 Å². The van der Waals surface area contributed by atoms with Crippen LogP contribution in [0.25, 0.3) is 10.9 Å². The van der Waals surface area contributed by atoms with Gasteiger partial charge in [0.1, 0.15) is 8.07 Å². The molecule has 146 valence electrons. The average molecular weight is 381 g/mol. The number of nitrogens with zero attached hydrogens (tertiary/aromatic N) is 2. The zero-order chi connectivity index (χ0) is 19.9. The molecule has 1 aliphatic heterocycles. The van der Waals surface area contributed by atoms with Gasteiger partial charge in [-0.25, -0.2) is 0 Å². The van der Waals surface area contributed by atoms with Gasteiger partial charge in [0, 0.05) is 36.6 Å². The van der Waals surface area contributed by atoms with Crippen molar-refractivity contribution in [1.82, 2.24) is 9.47 Å². The summed E-state index contributed by atoms with van der Waals surface area (Å²) >= 11 is 0. The maximum absolute atomic E-state index is 3.94. The van der Waals surface area contributed by atoms with Crippen LogP contribution in [0.4, 0.5) is 0 Å². The van der Waals surface area contributed by atoms with Gasteiger partial charge in [0.05, 0.1) is 5.52 Å². The van der Waals surface area contributed by atoms with Gasteiger partial charge in [0.2, 0.25) is 0 Å². The van der Waals surface area contributed by atoms with Crippen LogP contribution in [0.15, 0.2) is 18.2 Å². The number of aryl methyl sites for hydroxylation is 1. The van der Waals surface area contributed by atoms with Crippen LogP contribution < -0.4 is 0 Å². The van der Waals surface area contributed by atoms with Crippen molar-refractivity contribution >= 4 is 19.0 Å². The standard InChI is InChI=1S/C24H36N2Si/c1-17(2)27(18(3)4,19(5)6)14-13-26-23-10-9-20(7)15-21(23)22-16-25(8)12-11-24(22)26/h9-10,15,17-19H,11-12,16H2,1-8H3. The predicted octanol–water partition coefficient (Wildman–Crippen LogP) is 5.96. The van der Waals surface area contributed by atoms with Crippen LogP contribution in [0.3, 0.4) is 0 Å². The van der Waals surface area contributed by atoms with Gasteiger partial charge < -0.3 is 4.90 Å². The van der Waals surface area contributed by atoms with Gasteiger partial charge in [-0.3, -0.25) is 4.57 Å². The second-order valence-electron chi connectivity index (χ2n) is 9.40. The molecule has 1 aromatic heterocycles. The molecule has 0 aliphatic carbocycles. The summed E-state index contributed by atoms with van der Waals surface area (Å²) < 4.78 is 2.35. The number of fused-ring (bicyclic) bond motifs is 3. The molecule has 2 nitrogen and oxygen atoms in total. The molecule has 0 saturated heterocycles. The summed E-state index contributed by atoms with van der Waals surface area (Å²) in [6.07, 6.45) is 1.09. The normalized spacial score (nSPS) is 15.5. The number of aromatic nitrogens is 1. The number of hydrogen-bond donors (Lipinski definition) is 0. The number of hydrogen-bond acceptors (Lipinski definition) is 1. The molecule has 27 heavy (non-hydrogen) atoms. The largest absolute Gasteiger partial charge is 0.302 e. The minimum absolute atomic E-state index is 0.663. The lowest BCUT2D eigenvalue weighted by molar-refractivity contribution is 0.311. The zero-order valence-corrected chi connectivity index (χ0v) is 19.5. The Morgan fingerprint density at radius 3 is 2.22 bits per heavy atom. The third-order valence-electron chi connectivity index (χ3n) is 6.74. The summed E-state index contributed by atoms with van der Waals surface area (Å²) in [5.74, 6) is 0. The molecule has 0 atom stereocenters. The van der Waals surface area contributed by atoms with E-state index in [2.05, 4.69) is 94.8 Å². The van der Waals surface area contributed by atoms with E-state index in [4.69, 9.17) is 0 Å². The molecule has 0 spiro atoms. The second kappa shape index (κ2) is 7.49.